The molecule has 5 nitrogen and oxygen atoms in total. The summed E-state index contributed by atoms with van der Waals surface area (Å²) in [5, 5.41) is 0. The van der Waals surface area contributed by atoms with Crippen LogP contribution in [0.4, 0.5) is 0 Å². The second kappa shape index (κ2) is 6.00. The average Bonchev–Trinajstić information content (AvgIpc) is 2.28. The molecule has 6 heteroatoms. The first-order valence-electron chi connectivity index (χ1n) is 5.34. The van der Waals surface area contributed by atoms with Crippen LogP contribution in [0.1, 0.15) is 12.5 Å². The number of hydrogen-bond acceptors (Lipinski definition) is 3. The lowest BCUT2D eigenvalue weighted by molar-refractivity contribution is 0.340. The van der Waals surface area contributed by atoms with Gasteiger partial charge in [0.2, 0.25) is 0 Å². The lowest BCUT2D eigenvalue weighted by atomic mass is 10.2. The first-order chi connectivity index (χ1) is 7.95. The van der Waals surface area contributed by atoms with Crippen LogP contribution in [0.2, 0.25) is 0 Å². The van der Waals surface area contributed by atoms with Crippen molar-refractivity contribution in [3.05, 3.63) is 29.8 Å². The predicted molar refractivity (Wildman–Crippen MR) is 67.1 cm³/mol. The highest BCUT2D eigenvalue weighted by molar-refractivity contribution is 7.87. The van der Waals surface area contributed by atoms with Gasteiger partial charge in [0.15, 0.2) is 0 Å². The van der Waals surface area contributed by atoms with Crippen molar-refractivity contribution >= 4 is 10.2 Å². The Morgan fingerprint density at radius 1 is 1.24 bits per heavy atom. The summed E-state index contributed by atoms with van der Waals surface area (Å²) in [6, 6.07) is 7.32. The minimum Gasteiger partial charge on any atom is -0.494 e. The van der Waals surface area contributed by atoms with E-state index >= 15 is 0 Å². The van der Waals surface area contributed by atoms with Crippen LogP contribution >= 0.6 is 0 Å². The largest absolute Gasteiger partial charge is 0.494 e. The van der Waals surface area contributed by atoms with E-state index in [0.29, 0.717) is 6.61 Å². The molecule has 0 atom stereocenters. The van der Waals surface area contributed by atoms with E-state index in [1.807, 2.05) is 31.2 Å². The lowest BCUT2D eigenvalue weighted by Crippen LogP contribution is -2.35. The van der Waals surface area contributed by atoms with Crippen molar-refractivity contribution in [2.75, 3.05) is 20.7 Å². The van der Waals surface area contributed by atoms with Crippen LogP contribution in [0.3, 0.4) is 0 Å². The second-order valence-corrected chi connectivity index (χ2v) is 5.65. The van der Waals surface area contributed by atoms with E-state index in [0.717, 1.165) is 15.6 Å². The highest BCUT2D eigenvalue weighted by Gasteiger charge is 2.11. The van der Waals surface area contributed by atoms with E-state index < -0.39 is 10.2 Å². The third-order valence-corrected chi connectivity index (χ3v) is 3.64. The Balaban J connectivity index is 2.59. The van der Waals surface area contributed by atoms with Gasteiger partial charge in [0.25, 0.3) is 10.2 Å². The Bertz CT molecular complexity index is 440. The molecule has 1 N–H and O–H groups in total. The molecule has 0 radical (unpaired) electrons. The van der Waals surface area contributed by atoms with Gasteiger partial charge in [-0.2, -0.15) is 17.4 Å². The number of rotatable bonds is 6. The summed E-state index contributed by atoms with van der Waals surface area (Å²) in [6.07, 6.45) is 0. The topological polar surface area (TPSA) is 58.6 Å². The molecule has 1 aromatic rings. The molecule has 0 unspecified atom stereocenters. The van der Waals surface area contributed by atoms with Gasteiger partial charge in [-0.3, -0.25) is 0 Å². The van der Waals surface area contributed by atoms with Gasteiger partial charge in [-0.25, -0.2) is 0 Å². The Morgan fingerprint density at radius 2 is 1.82 bits per heavy atom. The Morgan fingerprint density at radius 3 is 2.29 bits per heavy atom. The first kappa shape index (κ1) is 14.0. The standard InChI is InChI=1S/C11H18N2O3S/c1-4-16-11-7-5-10(6-8-11)9-12-17(14,15)13(2)3/h5-8,12H,4,9H2,1-3H3. The molecule has 0 saturated carbocycles. The number of ether oxygens (including phenoxy) is 1. The summed E-state index contributed by atoms with van der Waals surface area (Å²) >= 11 is 0. The minimum atomic E-state index is -3.36. The highest BCUT2D eigenvalue weighted by atomic mass is 32.2. The predicted octanol–water partition coefficient (Wildman–Crippen LogP) is 0.981. The number of benzene rings is 1. The zero-order valence-corrected chi connectivity index (χ0v) is 11.1. The van der Waals surface area contributed by atoms with Gasteiger partial charge < -0.3 is 4.74 Å². The Hall–Kier alpha value is -1.11. The molecule has 0 aliphatic carbocycles. The molecule has 0 aliphatic rings. The van der Waals surface area contributed by atoms with Crippen LogP contribution in [0.15, 0.2) is 24.3 Å². The second-order valence-electron chi connectivity index (χ2n) is 3.69. The number of hydrogen-bond donors (Lipinski definition) is 1. The zero-order chi connectivity index (χ0) is 12.9. The normalized spacial score (nSPS) is 11.8. The summed E-state index contributed by atoms with van der Waals surface area (Å²) in [6.45, 7) is 2.80. The Labute approximate surface area is 103 Å². The third-order valence-electron chi connectivity index (χ3n) is 2.17. The summed E-state index contributed by atoms with van der Waals surface area (Å²) in [7, 11) is -0.391. The highest BCUT2D eigenvalue weighted by Crippen LogP contribution is 2.12. The van der Waals surface area contributed by atoms with E-state index in [1.54, 1.807) is 0 Å². The minimum absolute atomic E-state index is 0.271. The molecule has 1 rings (SSSR count). The fourth-order valence-corrected chi connectivity index (χ4v) is 1.78. The first-order valence-corrected chi connectivity index (χ1v) is 6.78. The van der Waals surface area contributed by atoms with Crippen LogP contribution in [-0.4, -0.2) is 33.4 Å². The average molecular weight is 258 g/mol. The summed E-state index contributed by atoms with van der Waals surface area (Å²) < 4.78 is 31.8. The van der Waals surface area contributed by atoms with E-state index in [2.05, 4.69) is 4.72 Å². The SMILES string of the molecule is CCOc1ccc(CNS(=O)(=O)N(C)C)cc1. The maximum Gasteiger partial charge on any atom is 0.279 e. The molecule has 17 heavy (non-hydrogen) atoms. The fourth-order valence-electron chi connectivity index (χ4n) is 1.17. The smallest absolute Gasteiger partial charge is 0.279 e. The van der Waals surface area contributed by atoms with Gasteiger partial charge in [-0.1, -0.05) is 12.1 Å². The Kier molecular flexibility index (Phi) is 4.92. The molecule has 0 fully saturated rings. The zero-order valence-electron chi connectivity index (χ0n) is 10.3. The van der Waals surface area contributed by atoms with Gasteiger partial charge >= 0.3 is 0 Å². The van der Waals surface area contributed by atoms with Crippen LogP contribution in [-0.2, 0) is 16.8 Å². The maximum atomic E-state index is 11.5. The molecule has 1 aromatic carbocycles. The molecular formula is C11H18N2O3S. The van der Waals surface area contributed by atoms with Crippen LogP contribution in [0, 0.1) is 0 Å². The number of nitrogens with one attached hydrogen (secondary N) is 1. The number of nitrogens with zero attached hydrogens (tertiary/aromatic N) is 1. The molecule has 0 aromatic heterocycles. The summed E-state index contributed by atoms with van der Waals surface area (Å²) in [4.78, 5) is 0. The van der Waals surface area contributed by atoms with Crippen molar-refractivity contribution in [3.63, 3.8) is 0 Å². The van der Waals surface area contributed by atoms with E-state index in [9.17, 15) is 8.42 Å². The van der Waals surface area contributed by atoms with E-state index in [-0.39, 0.29) is 6.54 Å². The third kappa shape index (κ3) is 4.33. The van der Waals surface area contributed by atoms with Gasteiger partial charge in [0.1, 0.15) is 5.75 Å². The summed E-state index contributed by atoms with van der Waals surface area (Å²) in [5.41, 5.74) is 0.888. The van der Waals surface area contributed by atoms with Crippen LogP contribution < -0.4 is 9.46 Å². The maximum absolute atomic E-state index is 11.5. The fraction of sp³-hybridized carbons (Fsp3) is 0.455. The van der Waals surface area contributed by atoms with Crippen LogP contribution in [0.5, 0.6) is 5.75 Å². The molecule has 0 aliphatic heterocycles. The quantitative estimate of drug-likeness (QED) is 0.827. The van der Waals surface area contributed by atoms with Gasteiger partial charge in [-0.05, 0) is 24.6 Å². The molecule has 96 valence electrons. The van der Waals surface area contributed by atoms with Gasteiger partial charge in [-0.15, -0.1) is 0 Å². The van der Waals surface area contributed by atoms with Crippen molar-refractivity contribution in [1.82, 2.24) is 9.03 Å². The van der Waals surface area contributed by atoms with Crippen molar-refractivity contribution in [1.29, 1.82) is 0 Å². The molecule has 0 spiro atoms. The van der Waals surface area contributed by atoms with Crippen molar-refractivity contribution in [2.24, 2.45) is 0 Å². The van der Waals surface area contributed by atoms with Crippen LogP contribution in [0.25, 0.3) is 0 Å². The lowest BCUT2D eigenvalue weighted by Gasteiger charge is -2.12. The molecule has 0 amide bonds. The van der Waals surface area contributed by atoms with Crippen molar-refractivity contribution in [3.8, 4) is 5.75 Å². The van der Waals surface area contributed by atoms with Gasteiger partial charge in [0.05, 0.1) is 6.61 Å². The molecule has 0 heterocycles. The monoisotopic (exact) mass is 258 g/mol. The van der Waals surface area contributed by atoms with Crippen molar-refractivity contribution < 1.29 is 13.2 Å². The summed E-state index contributed by atoms with van der Waals surface area (Å²) in [5.74, 6) is 0.784. The van der Waals surface area contributed by atoms with E-state index in [1.165, 1.54) is 14.1 Å². The molecule has 0 saturated heterocycles. The van der Waals surface area contributed by atoms with E-state index in [4.69, 9.17) is 4.74 Å². The van der Waals surface area contributed by atoms with Crippen molar-refractivity contribution in [2.45, 2.75) is 13.5 Å². The molecule has 0 bridgehead atoms. The van der Waals surface area contributed by atoms with Gasteiger partial charge in [0, 0.05) is 20.6 Å². The molecular weight excluding hydrogens is 240 g/mol.